The minimum absolute atomic E-state index is 0.0284. The van der Waals surface area contributed by atoms with Gasteiger partial charge in [0.05, 0.1) is 7.11 Å². The number of carbonyl (C=O) groups is 1. The van der Waals surface area contributed by atoms with Gasteiger partial charge in [-0.1, -0.05) is 24.3 Å². The predicted molar refractivity (Wildman–Crippen MR) is 87.2 cm³/mol. The van der Waals surface area contributed by atoms with Crippen molar-refractivity contribution >= 4 is 5.91 Å². The summed E-state index contributed by atoms with van der Waals surface area (Å²) >= 11 is 0. The molecule has 0 saturated carbocycles. The molecule has 3 nitrogen and oxygen atoms in total. The Morgan fingerprint density at radius 2 is 1.86 bits per heavy atom. The van der Waals surface area contributed by atoms with Crippen molar-refractivity contribution < 1.29 is 9.53 Å². The second-order valence-electron chi connectivity index (χ2n) is 5.69. The zero-order chi connectivity index (χ0) is 15.4. The molecule has 1 aliphatic rings. The van der Waals surface area contributed by atoms with Crippen LogP contribution in [0, 0.1) is 0 Å². The first kappa shape index (κ1) is 14.6. The maximum atomic E-state index is 12.4. The number of hydrogen-bond donors (Lipinski definition) is 1. The van der Waals surface area contributed by atoms with Crippen LogP contribution in [0.4, 0.5) is 0 Å². The maximum absolute atomic E-state index is 12.4. The molecule has 1 N–H and O–H groups in total. The Morgan fingerprint density at radius 3 is 2.68 bits per heavy atom. The highest BCUT2D eigenvalue weighted by molar-refractivity contribution is 5.94. The maximum Gasteiger partial charge on any atom is 0.251 e. The number of benzene rings is 2. The summed E-state index contributed by atoms with van der Waals surface area (Å²) in [5, 5.41) is 2.98. The lowest BCUT2D eigenvalue weighted by atomic mass is 9.90. The van der Waals surface area contributed by atoms with Crippen LogP contribution < -0.4 is 10.1 Å². The normalized spacial score (nSPS) is 13.3. The SMILES string of the molecule is COc1ccccc1CNC(=O)c1ccc2c(c1)CCCC2. The minimum Gasteiger partial charge on any atom is -0.496 e. The molecular weight excluding hydrogens is 274 g/mol. The molecule has 114 valence electrons. The standard InChI is InChI=1S/C19H21NO2/c1-22-18-9-5-4-8-17(18)13-20-19(21)16-11-10-14-6-2-3-7-15(14)12-16/h4-5,8-12H,2-3,6-7,13H2,1H3,(H,20,21). The number of hydrogen-bond acceptors (Lipinski definition) is 2. The van der Waals surface area contributed by atoms with Gasteiger partial charge in [-0.15, -0.1) is 0 Å². The lowest BCUT2D eigenvalue weighted by molar-refractivity contribution is 0.0950. The average Bonchev–Trinajstić information content (AvgIpc) is 2.59. The van der Waals surface area contributed by atoms with Crippen LogP contribution in [0.2, 0.25) is 0 Å². The third-order valence-electron chi connectivity index (χ3n) is 4.24. The monoisotopic (exact) mass is 295 g/mol. The van der Waals surface area contributed by atoms with Crippen LogP contribution in [0.25, 0.3) is 0 Å². The van der Waals surface area contributed by atoms with Crippen molar-refractivity contribution in [1.29, 1.82) is 0 Å². The molecule has 2 aromatic carbocycles. The first-order valence-corrected chi connectivity index (χ1v) is 7.80. The Morgan fingerprint density at radius 1 is 1.09 bits per heavy atom. The van der Waals surface area contributed by atoms with E-state index in [1.54, 1.807) is 7.11 Å². The lowest BCUT2D eigenvalue weighted by Gasteiger charge is -2.16. The smallest absolute Gasteiger partial charge is 0.251 e. The molecule has 2 aromatic rings. The van der Waals surface area contributed by atoms with E-state index in [4.69, 9.17) is 4.74 Å². The van der Waals surface area contributed by atoms with Crippen LogP contribution in [0.3, 0.4) is 0 Å². The van der Waals surface area contributed by atoms with Gasteiger partial charge in [0.1, 0.15) is 5.75 Å². The number of carbonyl (C=O) groups excluding carboxylic acids is 1. The summed E-state index contributed by atoms with van der Waals surface area (Å²) in [6.45, 7) is 0.472. The van der Waals surface area contributed by atoms with Gasteiger partial charge >= 0.3 is 0 Å². The van der Waals surface area contributed by atoms with Crippen LogP contribution in [-0.2, 0) is 19.4 Å². The molecular formula is C19H21NO2. The van der Waals surface area contributed by atoms with Crippen LogP contribution in [0.15, 0.2) is 42.5 Å². The van der Waals surface area contributed by atoms with Crippen molar-refractivity contribution in [3.05, 3.63) is 64.7 Å². The second-order valence-corrected chi connectivity index (χ2v) is 5.69. The molecule has 3 heteroatoms. The van der Waals surface area contributed by atoms with E-state index in [9.17, 15) is 4.79 Å². The van der Waals surface area contributed by atoms with E-state index in [0.717, 1.165) is 29.7 Å². The third-order valence-corrected chi connectivity index (χ3v) is 4.24. The molecule has 0 aromatic heterocycles. The van der Waals surface area contributed by atoms with Gasteiger partial charge in [0, 0.05) is 17.7 Å². The fraction of sp³-hybridized carbons (Fsp3) is 0.316. The predicted octanol–water partition coefficient (Wildman–Crippen LogP) is 3.50. The van der Waals surface area contributed by atoms with Crippen LogP contribution in [-0.4, -0.2) is 13.0 Å². The fourth-order valence-electron chi connectivity index (χ4n) is 3.00. The molecule has 3 rings (SSSR count). The number of fused-ring (bicyclic) bond motifs is 1. The van der Waals surface area contributed by atoms with Gasteiger partial charge in [0.25, 0.3) is 5.91 Å². The van der Waals surface area contributed by atoms with Crippen LogP contribution in [0.1, 0.15) is 39.9 Å². The highest BCUT2D eigenvalue weighted by Gasteiger charge is 2.13. The van der Waals surface area contributed by atoms with Crippen molar-refractivity contribution in [2.75, 3.05) is 7.11 Å². The van der Waals surface area contributed by atoms with Gasteiger partial charge in [-0.05, 0) is 55.0 Å². The van der Waals surface area contributed by atoms with Crippen molar-refractivity contribution in [2.45, 2.75) is 32.2 Å². The topological polar surface area (TPSA) is 38.3 Å². The number of methoxy groups -OCH3 is 1. The van der Waals surface area contributed by atoms with E-state index in [1.165, 1.54) is 24.0 Å². The summed E-state index contributed by atoms with van der Waals surface area (Å²) in [5.41, 5.74) is 4.45. The van der Waals surface area contributed by atoms with Crippen molar-refractivity contribution in [3.63, 3.8) is 0 Å². The number of ether oxygens (including phenoxy) is 1. The first-order chi connectivity index (χ1) is 10.8. The van der Waals surface area contributed by atoms with Gasteiger partial charge in [0.15, 0.2) is 0 Å². The number of rotatable bonds is 4. The van der Waals surface area contributed by atoms with E-state index in [0.29, 0.717) is 6.54 Å². The van der Waals surface area contributed by atoms with Crippen molar-refractivity contribution in [1.82, 2.24) is 5.32 Å². The van der Waals surface area contributed by atoms with Crippen LogP contribution in [0.5, 0.6) is 5.75 Å². The Hall–Kier alpha value is -2.29. The van der Waals surface area contributed by atoms with E-state index in [1.807, 2.05) is 36.4 Å². The molecule has 1 aliphatic carbocycles. The Balaban J connectivity index is 1.69. The number of para-hydroxylation sites is 1. The van der Waals surface area contributed by atoms with Crippen LogP contribution >= 0.6 is 0 Å². The Labute approximate surface area is 131 Å². The fourth-order valence-corrected chi connectivity index (χ4v) is 3.00. The summed E-state index contributed by atoms with van der Waals surface area (Å²) < 4.78 is 5.31. The number of nitrogens with one attached hydrogen (secondary N) is 1. The van der Waals surface area contributed by atoms with Gasteiger partial charge in [-0.2, -0.15) is 0 Å². The van der Waals surface area contributed by atoms with E-state index < -0.39 is 0 Å². The van der Waals surface area contributed by atoms with E-state index in [-0.39, 0.29) is 5.91 Å². The molecule has 1 amide bonds. The highest BCUT2D eigenvalue weighted by Crippen LogP contribution is 2.22. The molecule has 0 aliphatic heterocycles. The molecule has 0 spiro atoms. The molecule has 0 saturated heterocycles. The highest BCUT2D eigenvalue weighted by atomic mass is 16.5. The van der Waals surface area contributed by atoms with Gasteiger partial charge in [-0.3, -0.25) is 4.79 Å². The molecule has 0 radical (unpaired) electrons. The summed E-state index contributed by atoms with van der Waals surface area (Å²) in [5.74, 6) is 0.771. The van der Waals surface area contributed by atoms with Gasteiger partial charge in [0.2, 0.25) is 0 Å². The number of amides is 1. The Bertz CT molecular complexity index is 679. The quantitative estimate of drug-likeness (QED) is 0.937. The van der Waals surface area contributed by atoms with Gasteiger partial charge in [-0.25, -0.2) is 0 Å². The van der Waals surface area contributed by atoms with Crippen molar-refractivity contribution in [3.8, 4) is 5.75 Å². The second kappa shape index (κ2) is 6.65. The number of aryl methyl sites for hydroxylation is 2. The molecule has 22 heavy (non-hydrogen) atoms. The zero-order valence-corrected chi connectivity index (χ0v) is 12.9. The van der Waals surface area contributed by atoms with E-state index in [2.05, 4.69) is 11.4 Å². The molecule has 0 unspecified atom stereocenters. The first-order valence-electron chi connectivity index (χ1n) is 7.80. The molecule has 0 fully saturated rings. The average molecular weight is 295 g/mol. The minimum atomic E-state index is -0.0284. The third kappa shape index (κ3) is 3.14. The molecule has 0 heterocycles. The summed E-state index contributed by atoms with van der Waals surface area (Å²) in [7, 11) is 1.64. The zero-order valence-electron chi connectivity index (χ0n) is 12.9. The Kier molecular flexibility index (Phi) is 4.42. The van der Waals surface area contributed by atoms with Crippen molar-refractivity contribution in [2.24, 2.45) is 0 Å². The largest absolute Gasteiger partial charge is 0.496 e. The van der Waals surface area contributed by atoms with Gasteiger partial charge < -0.3 is 10.1 Å². The van der Waals surface area contributed by atoms with E-state index >= 15 is 0 Å². The summed E-state index contributed by atoms with van der Waals surface area (Å²) in [6, 6.07) is 13.8. The lowest BCUT2D eigenvalue weighted by Crippen LogP contribution is -2.23. The summed E-state index contributed by atoms with van der Waals surface area (Å²) in [4.78, 5) is 12.4. The molecule has 0 atom stereocenters. The summed E-state index contributed by atoms with van der Waals surface area (Å²) in [6.07, 6.45) is 4.70. The molecule has 0 bridgehead atoms.